The number of hydrogen-bond acceptors (Lipinski definition) is 7. The summed E-state index contributed by atoms with van der Waals surface area (Å²) < 4.78 is 10.7. The van der Waals surface area contributed by atoms with Gasteiger partial charge in [0.25, 0.3) is 11.8 Å². The van der Waals surface area contributed by atoms with Crippen molar-refractivity contribution in [1.29, 1.82) is 0 Å². The molecule has 9 nitrogen and oxygen atoms in total. The van der Waals surface area contributed by atoms with Crippen LogP contribution in [0.25, 0.3) is 6.08 Å². The van der Waals surface area contributed by atoms with E-state index in [0.717, 1.165) is 0 Å². The molecular formula is C25H21N3O6. The zero-order chi connectivity index (χ0) is 24.1. The number of rotatable bonds is 6. The molecule has 9 heteroatoms. The third-order valence-electron chi connectivity index (χ3n) is 4.93. The van der Waals surface area contributed by atoms with E-state index in [1.165, 1.54) is 24.3 Å². The molecule has 1 aliphatic rings. The fraction of sp³-hybridized carbons (Fsp3) is 0.0800. The molecule has 0 bridgehead atoms. The van der Waals surface area contributed by atoms with Gasteiger partial charge in [-0.05, 0) is 55.0 Å². The third-order valence-corrected chi connectivity index (χ3v) is 4.93. The Kier molecular flexibility index (Phi) is 6.45. The van der Waals surface area contributed by atoms with Gasteiger partial charge in [-0.25, -0.2) is 5.43 Å². The Morgan fingerprint density at radius 1 is 0.971 bits per heavy atom. The predicted molar refractivity (Wildman–Crippen MR) is 125 cm³/mol. The first kappa shape index (κ1) is 22.4. The van der Waals surface area contributed by atoms with Gasteiger partial charge in [-0.1, -0.05) is 24.3 Å². The molecule has 3 aromatic carbocycles. The molecule has 0 saturated heterocycles. The van der Waals surface area contributed by atoms with Crippen molar-refractivity contribution in [2.24, 2.45) is 5.10 Å². The molecule has 172 valence electrons. The first-order valence-corrected chi connectivity index (χ1v) is 10.3. The van der Waals surface area contributed by atoms with Crippen LogP contribution in [0.1, 0.15) is 28.4 Å². The third kappa shape index (κ3) is 5.16. The van der Waals surface area contributed by atoms with Crippen LogP contribution in [0.3, 0.4) is 0 Å². The summed E-state index contributed by atoms with van der Waals surface area (Å²) in [6.45, 7) is 1.69. The van der Waals surface area contributed by atoms with Crippen LogP contribution in [-0.4, -0.2) is 34.5 Å². The van der Waals surface area contributed by atoms with E-state index in [9.17, 15) is 19.8 Å². The first-order valence-electron chi connectivity index (χ1n) is 10.3. The SMILES string of the molecule is C/C(=N/NC(=O)/C(=C/c1ccc2c(c1)OCO2)NC(=O)c1ccccc1)c1ccc(O)cc1O. The molecule has 0 atom stereocenters. The van der Waals surface area contributed by atoms with Crippen LogP contribution in [0.2, 0.25) is 0 Å². The summed E-state index contributed by atoms with van der Waals surface area (Å²) in [6, 6.07) is 17.6. The quantitative estimate of drug-likeness (QED) is 0.255. The Bertz CT molecular complexity index is 1300. The van der Waals surface area contributed by atoms with Crippen LogP contribution in [-0.2, 0) is 4.79 Å². The maximum absolute atomic E-state index is 13.0. The number of nitrogens with one attached hydrogen (secondary N) is 2. The highest BCUT2D eigenvalue weighted by Gasteiger charge is 2.17. The lowest BCUT2D eigenvalue weighted by atomic mass is 10.1. The van der Waals surface area contributed by atoms with Crippen molar-refractivity contribution in [3.63, 3.8) is 0 Å². The maximum atomic E-state index is 13.0. The van der Waals surface area contributed by atoms with Gasteiger partial charge in [0.2, 0.25) is 6.79 Å². The van der Waals surface area contributed by atoms with E-state index in [2.05, 4.69) is 15.8 Å². The summed E-state index contributed by atoms with van der Waals surface area (Å²) in [5.74, 6) is -0.330. The van der Waals surface area contributed by atoms with E-state index in [4.69, 9.17) is 9.47 Å². The molecular weight excluding hydrogens is 438 g/mol. The minimum Gasteiger partial charge on any atom is -0.508 e. The molecule has 0 saturated carbocycles. The molecule has 1 heterocycles. The number of phenolic OH excluding ortho intramolecular Hbond substituents is 2. The van der Waals surface area contributed by atoms with Crippen molar-refractivity contribution in [2.75, 3.05) is 6.79 Å². The topological polar surface area (TPSA) is 129 Å². The molecule has 2 amide bonds. The molecule has 1 aliphatic heterocycles. The summed E-state index contributed by atoms with van der Waals surface area (Å²) >= 11 is 0. The van der Waals surface area contributed by atoms with Gasteiger partial charge in [-0.2, -0.15) is 5.10 Å². The molecule has 0 aromatic heterocycles. The summed E-state index contributed by atoms with van der Waals surface area (Å²) in [6.07, 6.45) is 1.49. The number of fused-ring (bicyclic) bond motifs is 1. The summed E-state index contributed by atoms with van der Waals surface area (Å²) in [5, 5.41) is 26.1. The number of ether oxygens (including phenoxy) is 2. The number of carbonyl (C=O) groups is 2. The summed E-state index contributed by atoms with van der Waals surface area (Å²) in [7, 11) is 0. The van der Waals surface area contributed by atoms with Crippen molar-refractivity contribution in [2.45, 2.75) is 6.92 Å². The number of amides is 2. The van der Waals surface area contributed by atoms with Crippen LogP contribution in [0.15, 0.2) is 77.5 Å². The van der Waals surface area contributed by atoms with Crippen molar-refractivity contribution in [1.82, 2.24) is 10.7 Å². The van der Waals surface area contributed by atoms with Crippen molar-refractivity contribution in [3.8, 4) is 23.0 Å². The number of phenols is 2. The average Bonchev–Trinajstić information content (AvgIpc) is 3.30. The number of nitrogens with zero attached hydrogens (tertiary/aromatic N) is 1. The van der Waals surface area contributed by atoms with Gasteiger partial charge < -0.3 is 25.0 Å². The van der Waals surface area contributed by atoms with E-state index in [-0.39, 0.29) is 24.0 Å². The Morgan fingerprint density at radius 2 is 1.74 bits per heavy atom. The Balaban J connectivity index is 1.60. The van der Waals surface area contributed by atoms with Gasteiger partial charge in [0.05, 0.1) is 5.71 Å². The molecule has 0 aliphatic carbocycles. The Hall–Kier alpha value is -4.79. The molecule has 4 N–H and O–H groups in total. The van der Waals surface area contributed by atoms with Gasteiger partial charge in [-0.3, -0.25) is 9.59 Å². The van der Waals surface area contributed by atoms with E-state index in [1.807, 2.05) is 0 Å². The van der Waals surface area contributed by atoms with Crippen LogP contribution >= 0.6 is 0 Å². The predicted octanol–water partition coefficient (Wildman–Crippen LogP) is 3.14. The zero-order valence-electron chi connectivity index (χ0n) is 18.1. The maximum Gasteiger partial charge on any atom is 0.287 e. The second-order valence-electron chi connectivity index (χ2n) is 7.33. The fourth-order valence-electron chi connectivity index (χ4n) is 3.19. The fourth-order valence-corrected chi connectivity index (χ4v) is 3.19. The standard InChI is InChI=1S/C25H21N3O6/c1-15(19-9-8-18(29)13-21(19)30)27-28-25(32)20(26-24(31)17-5-3-2-4-6-17)11-16-7-10-22-23(12-16)34-14-33-22/h2-13,29-30H,14H2,1H3,(H,26,31)(H,28,32)/b20-11-,27-15-. The molecule has 0 spiro atoms. The van der Waals surface area contributed by atoms with Crippen molar-refractivity contribution < 1.29 is 29.3 Å². The molecule has 0 unspecified atom stereocenters. The molecule has 0 fully saturated rings. The molecule has 3 aromatic rings. The zero-order valence-corrected chi connectivity index (χ0v) is 18.1. The van der Waals surface area contributed by atoms with Gasteiger partial charge in [0.15, 0.2) is 11.5 Å². The van der Waals surface area contributed by atoms with Crippen molar-refractivity contribution >= 4 is 23.6 Å². The van der Waals surface area contributed by atoms with Gasteiger partial charge in [-0.15, -0.1) is 0 Å². The monoisotopic (exact) mass is 459 g/mol. The molecule has 34 heavy (non-hydrogen) atoms. The lowest BCUT2D eigenvalue weighted by Gasteiger charge is -2.10. The number of hydrogen-bond donors (Lipinski definition) is 4. The highest BCUT2D eigenvalue weighted by molar-refractivity contribution is 6.06. The first-order chi connectivity index (χ1) is 16.4. The van der Waals surface area contributed by atoms with Crippen LogP contribution < -0.4 is 20.2 Å². The molecule has 4 rings (SSSR count). The lowest BCUT2D eigenvalue weighted by molar-refractivity contribution is -0.117. The van der Waals surface area contributed by atoms with Crippen LogP contribution in [0, 0.1) is 0 Å². The molecule has 0 radical (unpaired) electrons. The van der Waals surface area contributed by atoms with E-state index in [0.29, 0.717) is 33.9 Å². The number of benzene rings is 3. The van der Waals surface area contributed by atoms with Crippen LogP contribution in [0.4, 0.5) is 0 Å². The van der Waals surface area contributed by atoms with E-state index >= 15 is 0 Å². The number of aromatic hydroxyl groups is 2. The number of carbonyl (C=O) groups excluding carboxylic acids is 2. The normalized spacial score (nSPS) is 12.9. The Morgan fingerprint density at radius 3 is 2.50 bits per heavy atom. The minimum absolute atomic E-state index is 0.0563. The second kappa shape index (κ2) is 9.78. The summed E-state index contributed by atoms with van der Waals surface area (Å²) in [5.41, 5.74) is 3.93. The van der Waals surface area contributed by atoms with E-state index < -0.39 is 11.8 Å². The highest BCUT2D eigenvalue weighted by atomic mass is 16.7. The lowest BCUT2D eigenvalue weighted by Crippen LogP contribution is -2.33. The minimum atomic E-state index is -0.681. The second-order valence-corrected chi connectivity index (χ2v) is 7.33. The van der Waals surface area contributed by atoms with Crippen LogP contribution in [0.5, 0.6) is 23.0 Å². The Labute approximate surface area is 195 Å². The van der Waals surface area contributed by atoms with E-state index in [1.54, 1.807) is 55.5 Å². The van der Waals surface area contributed by atoms with Gasteiger partial charge in [0, 0.05) is 17.2 Å². The smallest absolute Gasteiger partial charge is 0.287 e. The summed E-state index contributed by atoms with van der Waals surface area (Å²) in [4.78, 5) is 25.7. The highest BCUT2D eigenvalue weighted by Crippen LogP contribution is 2.33. The van der Waals surface area contributed by atoms with Gasteiger partial charge in [0.1, 0.15) is 17.2 Å². The average molecular weight is 459 g/mol. The largest absolute Gasteiger partial charge is 0.508 e. The van der Waals surface area contributed by atoms with Gasteiger partial charge >= 0.3 is 0 Å². The number of hydrazone groups is 1. The van der Waals surface area contributed by atoms with Crippen molar-refractivity contribution in [3.05, 3.63) is 89.1 Å².